The summed E-state index contributed by atoms with van der Waals surface area (Å²) in [6, 6.07) is 6.18. The summed E-state index contributed by atoms with van der Waals surface area (Å²) < 4.78 is 15.9. The lowest BCUT2D eigenvalue weighted by atomic mass is 9.97. The predicted molar refractivity (Wildman–Crippen MR) is 111 cm³/mol. The van der Waals surface area contributed by atoms with Crippen molar-refractivity contribution in [1.29, 1.82) is 0 Å². The summed E-state index contributed by atoms with van der Waals surface area (Å²) in [6.45, 7) is 0. The topological polar surface area (TPSA) is 55.2 Å². The molecule has 1 aliphatic carbocycles. The van der Waals surface area contributed by atoms with Crippen LogP contribution in [0.1, 0.15) is 23.3 Å². The molecule has 0 N–H and O–H groups in total. The fourth-order valence-corrected chi connectivity index (χ4v) is 5.67. The summed E-state index contributed by atoms with van der Waals surface area (Å²) >= 11 is 2.71. The summed E-state index contributed by atoms with van der Waals surface area (Å²) in [5.41, 5.74) is 0.974. The number of nitrogens with zero attached hydrogens (tertiary/aromatic N) is 3. The van der Waals surface area contributed by atoms with E-state index >= 15 is 0 Å². The van der Waals surface area contributed by atoms with E-state index in [2.05, 4.69) is 0 Å². The lowest BCUT2D eigenvalue weighted by Gasteiger charge is -2.15. The van der Waals surface area contributed by atoms with Gasteiger partial charge in [0.05, 0.1) is 16.8 Å². The Bertz CT molecular complexity index is 1120. The van der Waals surface area contributed by atoms with Gasteiger partial charge in [0, 0.05) is 19.0 Å². The number of thiophene rings is 1. The van der Waals surface area contributed by atoms with Crippen molar-refractivity contribution in [2.24, 2.45) is 0 Å². The first-order valence-corrected chi connectivity index (χ1v) is 10.9. The largest absolute Gasteiger partial charge is 0.348 e. The van der Waals surface area contributed by atoms with E-state index in [1.165, 1.54) is 20.4 Å². The van der Waals surface area contributed by atoms with Gasteiger partial charge in [0.1, 0.15) is 10.6 Å². The fourth-order valence-electron chi connectivity index (χ4n) is 3.38. The van der Waals surface area contributed by atoms with E-state index in [0.717, 1.165) is 43.0 Å². The van der Waals surface area contributed by atoms with Gasteiger partial charge in [0.25, 0.3) is 5.56 Å². The van der Waals surface area contributed by atoms with Crippen LogP contribution in [0.15, 0.2) is 34.2 Å². The lowest BCUT2D eigenvalue weighted by Crippen LogP contribution is -2.26. The second-order valence-electron chi connectivity index (χ2n) is 6.95. The number of para-hydroxylation sites is 1. The van der Waals surface area contributed by atoms with E-state index in [9.17, 15) is 14.0 Å². The SMILES string of the molecule is CN(C)C(=O)CSc1nc2sc3c(c2c(=O)n1-c1ccccc1F)CCCC3. The maximum absolute atomic E-state index is 14.6. The van der Waals surface area contributed by atoms with Gasteiger partial charge in [-0.3, -0.25) is 14.2 Å². The van der Waals surface area contributed by atoms with Crippen molar-refractivity contribution in [2.75, 3.05) is 19.8 Å². The number of fused-ring (bicyclic) bond motifs is 3. The van der Waals surface area contributed by atoms with Gasteiger partial charge in [-0.15, -0.1) is 11.3 Å². The van der Waals surface area contributed by atoms with Crippen LogP contribution in [0.2, 0.25) is 0 Å². The third-order valence-electron chi connectivity index (χ3n) is 4.88. The number of benzene rings is 1. The second kappa shape index (κ2) is 7.67. The van der Waals surface area contributed by atoms with E-state index in [1.807, 2.05) is 0 Å². The van der Waals surface area contributed by atoms with Gasteiger partial charge in [-0.25, -0.2) is 9.37 Å². The fraction of sp³-hybridized carbons (Fsp3) is 0.350. The molecular weight excluding hydrogens is 397 g/mol. The van der Waals surface area contributed by atoms with Gasteiger partial charge in [-0.2, -0.15) is 0 Å². The van der Waals surface area contributed by atoms with Crippen LogP contribution in [0.25, 0.3) is 15.9 Å². The molecule has 0 saturated carbocycles. The maximum Gasteiger partial charge on any atom is 0.267 e. The molecular formula is C20H20FN3O2S2. The highest BCUT2D eigenvalue weighted by Gasteiger charge is 2.24. The second-order valence-corrected chi connectivity index (χ2v) is 8.98. The number of hydrogen-bond acceptors (Lipinski definition) is 5. The Morgan fingerprint density at radius 1 is 1.29 bits per heavy atom. The number of rotatable bonds is 4. The minimum absolute atomic E-state index is 0.0927. The van der Waals surface area contributed by atoms with Crippen molar-refractivity contribution in [3.63, 3.8) is 0 Å². The normalized spacial score (nSPS) is 13.5. The third-order valence-corrected chi connectivity index (χ3v) is 6.98. The zero-order chi connectivity index (χ0) is 19.8. The first kappa shape index (κ1) is 19.1. The minimum Gasteiger partial charge on any atom is -0.348 e. The van der Waals surface area contributed by atoms with Crippen LogP contribution in [0.5, 0.6) is 0 Å². The molecule has 1 amide bonds. The molecule has 3 aromatic rings. The number of thioether (sulfide) groups is 1. The monoisotopic (exact) mass is 417 g/mol. The molecule has 2 heterocycles. The molecule has 1 aliphatic rings. The highest BCUT2D eigenvalue weighted by molar-refractivity contribution is 7.99. The maximum atomic E-state index is 14.6. The van der Waals surface area contributed by atoms with E-state index in [4.69, 9.17) is 4.98 Å². The lowest BCUT2D eigenvalue weighted by molar-refractivity contribution is -0.125. The van der Waals surface area contributed by atoms with E-state index in [0.29, 0.717) is 15.4 Å². The summed E-state index contributed by atoms with van der Waals surface area (Å²) in [4.78, 5) is 33.6. The molecule has 0 atom stereocenters. The van der Waals surface area contributed by atoms with Gasteiger partial charge in [-0.05, 0) is 43.4 Å². The molecule has 8 heteroatoms. The van der Waals surface area contributed by atoms with Crippen LogP contribution < -0.4 is 5.56 Å². The van der Waals surface area contributed by atoms with Crippen LogP contribution in [0.3, 0.4) is 0 Å². The smallest absolute Gasteiger partial charge is 0.267 e. The van der Waals surface area contributed by atoms with Crippen molar-refractivity contribution in [3.05, 3.63) is 50.9 Å². The Kier molecular flexibility index (Phi) is 5.25. The molecule has 0 aliphatic heterocycles. The number of hydrogen-bond donors (Lipinski definition) is 0. The molecule has 0 radical (unpaired) electrons. The Morgan fingerprint density at radius 2 is 2.04 bits per heavy atom. The quantitative estimate of drug-likeness (QED) is 0.480. The molecule has 5 nitrogen and oxygen atoms in total. The molecule has 1 aromatic carbocycles. The number of halogens is 1. The minimum atomic E-state index is -0.490. The molecule has 0 unspecified atom stereocenters. The zero-order valence-corrected chi connectivity index (χ0v) is 17.3. The highest BCUT2D eigenvalue weighted by atomic mass is 32.2. The van der Waals surface area contributed by atoms with Gasteiger partial charge >= 0.3 is 0 Å². The molecule has 0 bridgehead atoms. The number of aromatic nitrogens is 2. The van der Waals surface area contributed by atoms with Gasteiger partial charge in [0.15, 0.2) is 5.16 Å². The molecule has 28 heavy (non-hydrogen) atoms. The van der Waals surface area contributed by atoms with Crippen LogP contribution in [0.4, 0.5) is 4.39 Å². The van der Waals surface area contributed by atoms with Crippen molar-refractivity contribution in [2.45, 2.75) is 30.8 Å². The predicted octanol–water partition coefficient (Wildman–Crippen LogP) is 3.65. The third kappa shape index (κ3) is 3.35. The van der Waals surface area contributed by atoms with Crippen molar-refractivity contribution in [1.82, 2.24) is 14.5 Å². The summed E-state index contributed by atoms with van der Waals surface area (Å²) in [6.07, 6.45) is 3.97. The first-order valence-electron chi connectivity index (χ1n) is 9.12. The standard InChI is InChI=1S/C20H20FN3O2S2/c1-23(2)16(25)11-27-20-22-18-17(12-7-3-6-10-15(12)28-18)19(26)24(20)14-9-5-4-8-13(14)21/h4-5,8-9H,3,6-7,10-11H2,1-2H3. The molecule has 0 fully saturated rings. The summed E-state index contributed by atoms with van der Waals surface area (Å²) in [5, 5.41) is 0.947. The molecule has 0 spiro atoms. The van der Waals surface area contributed by atoms with Crippen molar-refractivity contribution < 1.29 is 9.18 Å². The number of aryl methyl sites for hydroxylation is 2. The van der Waals surface area contributed by atoms with Crippen LogP contribution in [-0.4, -0.2) is 40.2 Å². The molecule has 4 rings (SSSR count). The van der Waals surface area contributed by atoms with Crippen molar-refractivity contribution >= 4 is 39.2 Å². The number of carbonyl (C=O) groups excluding carboxylic acids is 1. The highest BCUT2D eigenvalue weighted by Crippen LogP contribution is 2.35. The molecule has 146 valence electrons. The Balaban J connectivity index is 1.93. The Morgan fingerprint density at radius 3 is 2.79 bits per heavy atom. The van der Waals surface area contributed by atoms with Crippen LogP contribution >= 0.6 is 23.1 Å². The average molecular weight is 418 g/mol. The molecule has 2 aromatic heterocycles. The Hall–Kier alpha value is -2.19. The number of amides is 1. The van der Waals surface area contributed by atoms with Gasteiger partial charge in [-0.1, -0.05) is 23.9 Å². The van der Waals surface area contributed by atoms with E-state index in [1.54, 1.807) is 43.6 Å². The van der Waals surface area contributed by atoms with Crippen molar-refractivity contribution in [3.8, 4) is 5.69 Å². The van der Waals surface area contributed by atoms with Gasteiger partial charge in [0.2, 0.25) is 5.91 Å². The average Bonchev–Trinajstić information content (AvgIpc) is 3.05. The van der Waals surface area contributed by atoms with E-state index < -0.39 is 5.82 Å². The molecule has 0 saturated heterocycles. The zero-order valence-electron chi connectivity index (χ0n) is 15.7. The summed E-state index contributed by atoms with van der Waals surface area (Å²) in [7, 11) is 3.35. The van der Waals surface area contributed by atoms with Gasteiger partial charge < -0.3 is 4.90 Å². The number of carbonyl (C=O) groups is 1. The first-order chi connectivity index (χ1) is 13.5. The van der Waals surface area contributed by atoms with Crippen LogP contribution in [0, 0.1) is 5.82 Å². The van der Waals surface area contributed by atoms with Crippen LogP contribution in [-0.2, 0) is 17.6 Å². The van der Waals surface area contributed by atoms with E-state index in [-0.39, 0.29) is 22.9 Å². The summed E-state index contributed by atoms with van der Waals surface area (Å²) in [5.74, 6) is -0.453. The Labute approximate surface area is 170 Å².